The van der Waals surface area contributed by atoms with E-state index >= 15 is 0 Å². The fourth-order valence-corrected chi connectivity index (χ4v) is 2.82. The first kappa shape index (κ1) is 18.2. The molecule has 0 aliphatic carbocycles. The second-order valence-corrected chi connectivity index (χ2v) is 7.11. The molecule has 0 unspecified atom stereocenters. The van der Waals surface area contributed by atoms with Crippen molar-refractivity contribution in [1.29, 1.82) is 0 Å². The highest BCUT2D eigenvalue weighted by molar-refractivity contribution is 5.13. The van der Waals surface area contributed by atoms with Crippen LogP contribution in [0.25, 0.3) is 0 Å². The molecule has 1 aliphatic heterocycles. The van der Waals surface area contributed by atoms with Crippen LogP contribution in [0.15, 0.2) is 43.0 Å². The van der Waals surface area contributed by atoms with E-state index in [2.05, 4.69) is 39.5 Å². The van der Waals surface area contributed by atoms with Crippen molar-refractivity contribution in [3.8, 4) is 0 Å². The lowest BCUT2D eigenvalue weighted by atomic mass is 10.00. The van der Waals surface area contributed by atoms with Crippen molar-refractivity contribution in [2.75, 3.05) is 0 Å². The van der Waals surface area contributed by atoms with Crippen LogP contribution in [0, 0.1) is 0 Å². The van der Waals surface area contributed by atoms with E-state index in [-0.39, 0.29) is 24.1 Å². The maximum Gasteiger partial charge on any atom is 0.158 e. The van der Waals surface area contributed by atoms with Crippen LogP contribution in [-0.4, -0.2) is 24.1 Å². The number of benzene rings is 1. The molecular weight excluding hydrogens is 288 g/mol. The predicted molar refractivity (Wildman–Crippen MR) is 93.2 cm³/mol. The summed E-state index contributed by atoms with van der Waals surface area (Å²) in [5, 5.41) is 0. The van der Waals surface area contributed by atoms with Gasteiger partial charge in [0.25, 0.3) is 0 Å². The Bertz CT molecular complexity index is 464. The molecule has 1 aromatic carbocycles. The Hall–Kier alpha value is -1.16. The van der Waals surface area contributed by atoms with E-state index in [4.69, 9.17) is 14.2 Å². The van der Waals surface area contributed by atoms with Crippen LogP contribution in [0.1, 0.15) is 52.0 Å². The summed E-state index contributed by atoms with van der Waals surface area (Å²) in [5.41, 5.74) is 1.01. The SMILES string of the molecule is C=CCC[C@H]1O[C@H](OC(C)(C)C)CC[C@@H]1OCc1ccccc1. The van der Waals surface area contributed by atoms with Crippen molar-refractivity contribution in [2.24, 2.45) is 0 Å². The number of allylic oxidation sites excluding steroid dienone is 1. The van der Waals surface area contributed by atoms with Gasteiger partial charge in [0.2, 0.25) is 0 Å². The molecule has 1 heterocycles. The first-order valence-electron chi connectivity index (χ1n) is 8.57. The molecule has 2 rings (SSSR count). The van der Waals surface area contributed by atoms with Crippen LogP contribution in [0.4, 0.5) is 0 Å². The van der Waals surface area contributed by atoms with Gasteiger partial charge >= 0.3 is 0 Å². The topological polar surface area (TPSA) is 27.7 Å². The van der Waals surface area contributed by atoms with Gasteiger partial charge in [-0.1, -0.05) is 36.4 Å². The minimum absolute atomic E-state index is 0.0674. The first-order chi connectivity index (χ1) is 11.0. The molecule has 3 atom stereocenters. The van der Waals surface area contributed by atoms with Crippen LogP contribution in [0.2, 0.25) is 0 Å². The molecule has 0 amide bonds. The van der Waals surface area contributed by atoms with Crippen molar-refractivity contribution in [3.05, 3.63) is 48.6 Å². The monoisotopic (exact) mass is 318 g/mol. The minimum Gasteiger partial charge on any atom is -0.371 e. The first-order valence-corrected chi connectivity index (χ1v) is 8.57. The van der Waals surface area contributed by atoms with Crippen molar-refractivity contribution in [1.82, 2.24) is 0 Å². The zero-order chi connectivity index (χ0) is 16.7. The van der Waals surface area contributed by atoms with Gasteiger partial charge in [-0.2, -0.15) is 0 Å². The largest absolute Gasteiger partial charge is 0.371 e. The number of hydrogen-bond acceptors (Lipinski definition) is 3. The summed E-state index contributed by atoms with van der Waals surface area (Å²) >= 11 is 0. The van der Waals surface area contributed by atoms with Gasteiger partial charge in [0.1, 0.15) is 0 Å². The zero-order valence-electron chi connectivity index (χ0n) is 14.7. The van der Waals surface area contributed by atoms with Crippen LogP contribution in [-0.2, 0) is 20.8 Å². The molecule has 3 nitrogen and oxygen atoms in total. The van der Waals surface area contributed by atoms with E-state index in [0.29, 0.717) is 6.61 Å². The van der Waals surface area contributed by atoms with Crippen LogP contribution >= 0.6 is 0 Å². The van der Waals surface area contributed by atoms with Crippen molar-refractivity contribution in [2.45, 2.75) is 77.2 Å². The standard InChI is InChI=1S/C20H30O3/c1-5-6-12-18-17(21-15-16-10-8-7-9-11-16)13-14-19(22-18)23-20(2,3)4/h5,7-11,17-19H,1,6,12-15H2,2-4H3/t17-,18+,19+/m0/s1. The molecule has 0 spiro atoms. The Kier molecular flexibility index (Phi) is 6.82. The minimum atomic E-state index is -0.189. The van der Waals surface area contributed by atoms with E-state index in [1.54, 1.807) is 0 Å². The van der Waals surface area contributed by atoms with Crippen LogP contribution in [0.3, 0.4) is 0 Å². The second kappa shape index (κ2) is 8.62. The Labute approximate surface area is 140 Å². The highest BCUT2D eigenvalue weighted by Crippen LogP contribution is 2.29. The summed E-state index contributed by atoms with van der Waals surface area (Å²) in [7, 11) is 0. The van der Waals surface area contributed by atoms with Gasteiger partial charge in [0.05, 0.1) is 24.4 Å². The predicted octanol–water partition coefficient (Wildman–Crippen LogP) is 4.86. The third-order valence-corrected chi connectivity index (χ3v) is 3.88. The van der Waals surface area contributed by atoms with Crippen molar-refractivity contribution >= 4 is 0 Å². The highest BCUT2D eigenvalue weighted by atomic mass is 16.7. The van der Waals surface area contributed by atoms with Gasteiger partial charge in [-0.05, 0) is 45.6 Å². The van der Waals surface area contributed by atoms with Crippen LogP contribution in [0.5, 0.6) is 0 Å². The average molecular weight is 318 g/mol. The van der Waals surface area contributed by atoms with Crippen molar-refractivity contribution in [3.63, 3.8) is 0 Å². The zero-order valence-corrected chi connectivity index (χ0v) is 14.7. The Morgan fingerprint density at radius 1 is 1.22 bits per heavy atom. The fraction of sp³-hybridized carbons (Fsp3) is 0.600. The Morgan fingerprint density at radius 3 is 2.61 bits per heavy atom. The van der Waals surface area contributed by atoms with Gasteiger partial charge in [-0.3, -0.25) is 0 Å². The molecule has 128 valence electrons. The molecule has 0 N–H and O–H groups in total. The molecule has 23 heavy (non-hydrogen) atoms. The summed E-state index contributed by atoms with van der Waals surface area (Å²) in [5.74, 6) is 0. The van der Waals surface area contributed by atoms with Crippen LogP contribution < -0.4 is 0 Å². The van der Waals surface area contributed by atoms with E-state index in [9.17, 15) is 0 Å². The molecule has 0 radical (unpaired) electrons. The van der Waals surface area contributed by atoms with Gasteiger partial charge in [0, 0.05) is 6.42 Å². The smallest absolute Gasteiger partial charge is 0.158 e. The van der Waals surface area contributed by atoms with Gasteiger partial charge in [0.15, 0.2) is 6.29 Å². The van der Waals surface area contributed by atoms with E-state index < -0.39 is 0 Å². The quantitative estimate of drug-likeness (QED) is 0.672. The molecule has 3 heteroatoms. The van der Waals surface area contributed by atoms with Gasteiger partial charge in [-0.15, -0.1) is 6.58 Å². The highest BCUT2D eigenvalue weighted by Gasteiger charge is 2.33. The number of hydrogen-bond donors (Lipinski definition) is 0. The number of rotatable bonds is 7. The normalized spacial score (nSPS) is 25.3. The molecular formula is C20H30O3. The second-order valence-electron chi connectivity index (χ2n) is 7.11. The molecule has 1 aliphatic rings. The van der Waals surface area contributed by atoms with Gasteiger partial charge in [-0.25, -0.2) is 0 Å². The summed E-state index contributed by atoms with van der Waals surface area (Å²) < 4.78 is 18.3. The molecule has 1 saturated heterocycles. The van der Waals surface area contributed by atoms with E-state index in [1.165, 1.54) is 5.56 Å². The maximum atomic E-state index is 6.17. The molecule has 1 fully saturated rings. The summed E-state index contributed by atoms with van der Waals surface area (Å²) in [6, 6.07) is 10.3. The maximum absolute atomic E-state index is 6.17. The summed E-state index contributed by atoms with van der Waals surface area (Å²) in [4.78, 5) is 0. The van der Waals surface area contributed by atoms with Gasteiger partial charge < -0.3 is 14.2 Å². The summed E-state index contributed by atoms with van der Waals surface area (Å²) in [6.07, 6.45) is 5.68. The summed E-state index contributed by atoms with van der Waals surface area (Å²) in [6.45, 7) is 10.6. The lowest BCUT2D eigenvalue weighted by Gasteiger charge is -2.38. The molecule has 0 bridgehead atoms. The molecule has 1 aromatic rings. The van der Waals surface area contributed by atoms with E-state index in [1.807, 2.05) is 24.3 Å². The molecule has 0 saturated carbocycles. The Morgan fingerprint density at radius 2 is 1.96 bits per heavy atom. The number of ether oxygens (including phenoxy) is 3. The fourth-order valence-electron chi connectivity index (χ4n) is 2.82. The third-order valence-electron chi connectivity index (χ3n) is 3.88. The van der Waals surface area contributed by atoms with Crippen molar-refractivity contribution < 1.29 is 14.2 Å². The Balaban J connectivity index is 1.91. The lowest BCUT2D eigenvalue weighted by molar-refractivity contribution is -0.261. The average Bonchev–Trinajstić information content (AvgIpc) is 2.51. The molecule has 0 aromatic heterocycles. The van der Waals surface area contributed by atoms with E-state index in [0.717, 1.165) is 25.7 Å². The lowest BCUT2D eigenvalue weighted by Crippen LogP contribution is -2.43. The third kappa shape index (κ3) is 6.46.